The fourth-order valence-corrected chi connectivity index (χ4v) is 2.82. The summed E-state index contributed by atoms with van der Waals surface area (Å²) in [6.45, 7) is 4.46. The Morgan fingerprint density at radius 1 is 1.22 bits per heavy atom. The zero-order chi connectivity index (χ0) is 19.6. The number of aromatic nitrogens is 2. The third-order valence-electron chi connectivity index (χ3n) is 4.49. The van der Waals surface area contributed by atoms with Gasteiger partial charge in [-0.25, -0.2) is 0 Å². The summed E-state index contributed by atoms with van der Waals surface area (Å²) in [5.41, 5.74) is 8.87. The summed E-state index contributed by atoms with van der Waals surface area (Å²) in [6, 6.07) is 11.8. The fraction of sp³-hybridized carbons (Fsp3) is 0.263. The number of hydrogen-bond donors (Lipinski definition) is 3. The number of carbonyl (C=O) groups is 1. The van der Waals surface area contributed by atoms with Crippen molar-refractivity contribution in [1.82, 2.24) is 15.5 Å². The molecule has 2 aromatic carbocycles. The van der Waals surface area contributed by atoms with Gasteiger partial charge in [0.2, 0.25) is 0 Å². The highest BCUT2D eigenvalue weighted by molar-refractivity contribution is 6.05. The van der Waals surface area contributed by atoms with Crippen LogP contribution in [0.25, 0.3) is 10.9 Å². The Kier molecular flexibility index (Phi) is 5.18. The van der Waals surface area contributed by atoms with Gasteiger partial charge in [-0.3, -0.25) is 20.0 Å². The van der Waals surface area contributed by atoms with E-state index in [1.54, 1.807) is 0 Å². The molecule has 1 amide bonds. The van der Waals surface area contributed by atoms with E-state index in [-0.39, 0.29) is 24.0 Å². The maximum Gasteiger partial charge on any atom is 0.272 e. The van der Waals surface area contributed by atoms with E-state index < -0.39 is 10.8 Å². The number of nitrogens with two attached hydrogens (primary N) is 1. The normalized spacial score (nSPS) is 12.3. The number of rotatable bonds is 6. The number of nitro groups is 1. The molecule has 8 heteroatoms. The maximum atomic E-state index is 12.5. The fourth-order valence-electron chi connectivity index (χ4n) is 2.82. The van der Waals surface area contributed by atoms with E-state index in [0.717, 1.165) is 5.56 Å². The van der Waals surface area contributed by atoms with E-state index >= 15 is 0 Å². The second-order valence-electron chi connectivity index (χ2n) is 6.70. The summed E-state index contributed by atoms with van der Waals surface area (Å²) in [4.78, 5) is 22.9. The molecule has 0 bridgehead atoms. The molecule has 4 N–H and O–H groups in total. The zero-order valence-electron chi connectivity index (χ0n) is 15.1. The minimum absolute atomic E-state index is 0.0973. The average molecular weight is 367 g/mol. The molecule has 0 radical (unpaired) electrons. The van der Waals surface area contributed by atoms with Crippen LogP contribution in [0.3, 0.4) is 0 Å². The predicted molar refractivity (Wildman–Crippen MR) is 103 cm³/mol. The number of aromatic amines is 1. The first-order valence-corrected chi connectivity index (χ1v) is 8.63. The molecule has 1 atom stereocenters. The number of nitro benzene ring substituents is 1. The molecule has 0 fully saturated rings. The Morgan fingerprint density at radius 3 is 2.52 bits per heavy atom. The number of non-ortho nitro benzene ring substituents is 1. The lowest BCUT2D eigenvalue weighted by atomic mass is 9.99. The van der Waals surface area contributed by atoms with Gasteiger partial charge in [-0.05, 0) is 23.1 Å². The number of H-pyrrole nitrogens is 1. The molecule has 27 heavy (non-hydrogen) atoms. The Morgan fingerprint density at radius 2 is 1.89 bits per heavy atom. The van der Waals surface area contributed by atoms with E-state index in [1.165, 1.54) is 23.8 Å². The van der Waals surface area contributed by atoms with Crippen LogP contribution in [0.15, 0.2) is 42.5 Å². The largest absolute Gasteiger partial charge is 0.349 e. The number of hydrogen-bond acceptors (Lipinski definition) is 5. The molecule has 140 valence electrons. The first-order valence-electron chi connectivity index (χ1n) is 8.63. The molecule has 0 aliphatic rings. The van der Waals surface area contributed by atoms with Crippen LogP contribution in [0.4, 0.5) is 5.69 Å². The van der Waals surface area contributed by atoms with Gasteiger partial charge >= 0.3 is 0 Å². The van der Waals surface area contributed by atoms with Crippen molar-refractivity contribution in [2.75, 3.05) is 6.54 Å². The highest BCUT2D eigenvalue weighted by Gasteiger charge is 2.18. The van der Waals surface area contributed by atoms with E-state index in [1.807, 2.05) is 24.3 Å². The van der Waals surface area contributed by atoms with Gasteiger partial charge < -0.3 is 11.1 Å². The van der Waals surface area contributed by atoms with Gasteiger partial charge in [-0.1, -0.05) is 38.1 Å². The maximum absolute atomic E-state index is 12.5. The monoisotopic (exact) mass is 367 g/mol. The van der Waals surface area contributed by atoms with Gasteiger partial charge in [0, 0.05) is 30.1 Å². The molecule has 8 nitrogen and oxygen atoms in total. The topological polar surface area (TPSA) is 127 Å². The van der Waals surface area contributed by atoms with Gasteiger partial charge in [0.05, 0.1) is 10.4 Å². The third kappa shape index (κ3) is 3.95. The number of carbonyl (C=O) groups excluding carboxylic acids is 1. The van der Waals surface area contributed by atoms with Crippen LogP contribution in [0, 0.1) is 10.1 Å². The average Bonchev–Trinajstić information content (AvgIpc) is 3.09. The number of fused-ring (bicyclic) bond motifs is 1. The van der Waals surface area contributed by atoms with Crippen molar-refractivity contribution in [2.45, 2.75) is 25.8 Å². The molecule has 1 aromatic heterocycles. The van der Waals surface area contributed by atoms with Gasteiger partial charge in [0.15, 0.2) is 5.69 Å². The molecule has 0 saturated heterocycles. The Bertz CT molecular complexity index is 979. The molecular formula is C19H21N5O3. The van der Waals surface area contributed by atoms with E-state index in [0.29, 0.717) is 16.8 Å². The Labute approximate surface area is 155 Å². The van der Waals surface area contributed by atoms with Gasteiger partial charge in [-0.15, -0.1) is 0 Å². The lowest BCUT2D eigenvalue weighted by molar-refractivity contribution is -0.384. The minimum Gasteiger partial charge on any atom is -0.349 e. The number of amides is 1. The van der Waals surface area contributed by atoms with Crippen LogP contribution < -0.4 is 11.1 Å². The summed E-state index contributed by atoms with van der Waals surface area (Å²) in [6.07, 6.45) is 0. The summed E-state index contributed by atoms with van der Waals surface area (Å²) in [5.74, 6) is 0.00276. The zero-order valence-corrected chi connectivity index (χ0v) is 15.1. The van der Waals surface area contributed by atoms with E-state index in [4.69, 9.17) is 5.73 Å². The van der Waals surface area contributed by atoms with Crippen LogP contribution in [-0.4, -0.2) is 27.6 Å². The first kappa shape index (κ1) is 18.5. The number of nitrogens with zero attached hydrogens (tertiary/aromatic N) is 2. The van der Waals surface area contributed by atoms with Crippen LogP contribution in [-0.2, 0) is 0 Å². The molecular weight excluding hydrogens is 346 g/mol. The first-order chi connectivity index (χ1) is 12.9. The van der Waals surface area contributed by atoms with Crippen molar-refractivity contribution in [1.29, 1.82) is 0 Å². The Balaban J connectivity index is 1.71. The van der Waals surface area contributed by atoms with E-state index in [2.05, 4.69) is 29.4 Å². The SMILES string of the molecule is CC(C)c1ccc(C(N)CNC(=O)c2n[nH]c3ccc([N+](=O)[O-])cc23)cc1. The van der Waals surface area contributed by atoms with Gasteiger partial charge in [0.25, 0.3) is 11.6 Å². The lowest BCUT2D eigenvalue weighted by Crippen LogP contribution is -2.32. The third-order valence-corrected chi connectivity index (χ3v) is 4.49. The number of nitrogens with one attached hydrogen (secondary N) is 2. The summed E-state index contributed by atoms with van der Waals surface area (Å²) < 4.78 is 0. The summed E-state index contributed by atoms with van der Waals surface area (Å²) in [7, 11) is 0. The van der Waals surface area contributed by atoms with Crippen molar-refractivity contribution >= 4 is 22.5 Å². The smallest absolute Gasteiger partial charge is 0.272 e. The molecule has 3 aromatic rings. The minimum atomic E-state index is -0.509. The van der Waals surface area contributed by atoms with Crippen LogP contribution >= 0.6 is 0 Å². The van der Waals surface area contributed by atoms with Crippen LogP contribution in [0.5, 0.6) is 0 Å². The van der Waals surface area contributed by atoms with Crippen molar-refractivity contribution < 1.29 is 9.72 Å². The molecule has 0 spiro atoms. The lowest BCUT2D eigenvalue weighted by Gasteiger charge is -2.14. The second-order valence-corrected chi connectivity index (χ2v) is 6.70. The summed E-state index contributed by atoms with van der Waals surface area (Å²) in [5, 5.41) is 20.8. The number of benzene rings is 2. The van der Waals surface area contributed by atoms with Crippen molar-refractivity contribution in [3.05, 3.63) is 69.4 Å². The van der Waals surface area contributed by atoms with Crippen molar-refractivity contribution in [2.24, 2.45) is 5.73 Å². The summed E-state index contributed by atoms with van der Waals surface area (Å²) >= 11 is 0. The predicted octanol–water partition coefficient (Wildman–Crippen LogP) is 3.02. The second kappa shape index (κ2) is 7.55. The van der Waals surface area contributed by atoms with Gasteiger partial charge in [-0.2, -0.15) is 5.10 Å². The standard InChI is InChI=1S/C19H21N5O3/c1-11(2)12-3-5-13(6-4-12)16(20)10-21-19(25)18-15-9-14(24(26)27)7-8-17(15)22-23-18/h3-9,11,16H,10,20H2,1-2H3,(H,21,25)(H,22,23). The molecule has 3 rings (SSSR count). The highest BCUT2D eigenvalue weighted by atomic mass is 16.6. The molecule has 0 saturated carbocycles. The highest BCUT2D eigenvalue weighted by Crippen LogP contribution is 2.22. The van der Waals surface area contributed by atoms with Crippen molar-refractivity contribution in [3.8, 4) is 0 Å². The van der Waals surface area contributed by atoms with Crippen LogP contribution in [0.2, 0.25) is 0 Å². The molecule has 0 aliphatic carbocycles. The van der Waals surface area contributed by atoms with Gasteiger partial charge in [0.1, 0.15) is 0 Å². The Hall–Kier alpha value is -3.26. The van der Waals surface area contributed by atoms with E-state index in [9.17, 15) is 14.9 Å². The van der Waals surface area contributed by atoms with Crippen LogP contribution in [0.1, 0.15) is 47.4 Å². The van der Waals surface area contributed by atoms with Crippen molar-refractivity contribution in [3.63, 3.8) is 0 Å². The molecule has 1 heterocycles. The quantitative estimate of drug-likeness (QED) is 0.456. The molecule has 0 aliphatic heterocycles. The molecule has 1 unspecified atom stereocenters.